The molecule has 18 heavy (non-hydrogen) atoms. The number of nitrogens with zero attached hydrogens (tertiary/aromatic N) is 1. The van der Waals surface area contributed by atoms with Crippen LogP contribution in [0.3, 0.4) is 0 Å². The minimum absolute atomic E-state index is 0.0912. The third-order valence-electron chi connectivity index (χ3n) is 3.38. The Morgan fingerprint density at radius 2 is 2.00 bits per heavy atom. The molecule has 0 spiro atoms. The van der Waals surface area contributed by atoms with Gasteiger partial charge in [0.1, 0.15) is 0 Å². The van der Waals surface area contributed by atoms with Crippen LogP contribution in [-0.2, 0) is 6.42 Å². The molecule has 1 fully saturated rings. The highest BCUT2D eigenvalue weighted by Crippen LogP contribution is 2.25. The predicted molar refractivity (Wildman–Crippen MR) is 68.4 cm³/mol. The first-order valence-corrected chi connectivity index (χ1v) is 6.27. The largest absolute Gasteiger partial charge is 0.393 e. The monoisotopic (exact) mass is 250 g/mol. The third-order valence-corrected chi connectivity index (χ3v) is 3.38. The third kappa shape index (κ3) is 3.51. The first-order chi connectivity index (χ1) is 8.65. The van der Waals surface area contributed by atoms with Crippen molar-refractivity contribution < 1.29 is 10.0 Å². The van der Waals surface area contributed by atoms with Gasteiger partial charge in [-0.25, -0.2) is 0 Å². The number of hydrogen-bond donors (Lipinski definition) is 2. The average molecular weight is 250 g/mol. The van der Waals surface area contributed by atoms with Gasteiger partial charge in [0, 0.05) is 12.1 Å². The van der Waals surface area contributed by atoms with Gasteiger partial charge in [-0.3, -0.25) is 10.1 Å². The van der Waals surface area contributed by atoms with Crippen molar-refractivity contribution in [2.75, 3.05) is 13.1 Å². The topological polar surface area (TPSA) is 75.4 Å². The summed E-state index contributed by atoms with van der Waals surface area (Å²) < 4.78 is 0. The summed E-state index contributed by atoms with van der Waals surface area (Å²) in [5.74, 6) is 0.608. The highest BCUT2D eigenvalue weighted by molar-refractivity contribution is 5.32. The second-order valence-electron chi connectivity index (χ2n) is 4.87. The lowest BCUT2D eigenvalue weighted by Gasteiger charge is -2.31. The Morgan fingerprint density at radius 3 is 2.56 bits per heavy atom. The molecule has 0 aromatic heterocycles. The molecule has 0 bridgehead atoms. The molecule has 0 unspecified atom stereocenters. The smallest absolute Gasteiger partial charge is 0.269 e. The quantitative estimate of drug-likeness (QED) is 0.456. The molecular weight excluding hydrogens is 232 g/mol. The molecule has 1 saturated carbocycles. The number of nitro groups is 1. The zero-order valence-corrected chi connectivity index (χ0v) is 10.2. The average Bonchev–Trinajstić information content (AvgIpc) is 2.32. The number of nitrogens with one attached hydrogen (secondary N) is 1. The Bertz CT molecular complexity index is 399. The van der Waals surface area contributed by atoms with Crippen LogP contribution in [0, 0.1) is 16.0 Å². The number of hydrogen-bond acceptors (Lipinski definition) is 4. The normalized spacial score (nSPS) is 22.5. The highest BCUT2D eigenvalue weighted by atomic mass is 16.6. The van der Waals surface area contributed by atoms with E-state index in [1.165, 1.54) is 12.1 Å². The van der Waals surface area contributed by atoms with E-state index in [4.69, 9.17) is 5.11 Å². The summed E-state index contributed by atoms with van der Waals surface area (Å²) in [5, 5.41) is 23.0. The van der Waals surface area contributed by atoms with Crippen molar-refractivity contribution in [3.8, 4) is 0 Å². The van der Waals surface area contributed by atoms with Crippen LogP contribution in [-0.4, -0.2) is 29.2 Å². The van der Waals surface area contributed by atoms with Crippen LogP contribution in [0.4, 0.5) is 5.69 Å². The molecule has 0 aliphatic heterocycles. The molecular formula is C13H18N2O3. The van der Waals surface area contributed by atoms with Gasteiger partial charge < -0.3 is 10.4 Å². The van der Waals surface area contributed by atoms with E-state index in [0.29, 0.717) is 5.92 Å². The Hall–Kier alpha value is -1.46. The summed E-state index contributed by atoms with van der Waals surface area (Å²) in [5.41, 5.74) is 1.23. The molecule has 0 amide bonds. The van der Waals surface area contributed by atoms with Crippen LogP contribution in [0.5, 0.6) is 0 Å². The summed E-state index contributed by atoms with van der Waals surface area (Å²) in [6.07, 6.45) is 2.59. The summed E-state index contributed by atoms with van der Waals surface area (Å²) >= 11 is 0. The lowest BCUT2D eigenvalue weighted by molar-refractivity contribution is -0.384. The van der Waals surface area contributed by atoms with Crippen LogP contribution in [0.2, 0.25) is 0 Å². The van der Waals surface area contributed by atoms with Gasteiger partial charge in [-0.15, -0.1) is 0 Å². The van der Waals surface area contributed by atoms with E-state index in [0.717, 1.165) is 37.9 Å². The zero-order valence-electron chi connectivity index (χ0n) is 10.2. The van der Waals surface area contributed by atoms with Crippen molar-refractivity contribution in [1.29, 1.82) is 0 Å². The van der Waals surface area contributed by atoms with Gasteiger partial charge in [0.05, 0.1) is 11.0 Å². The van der Waals surface area contributed by atoms with Gasteiger partial charge in [-0.1, -0.05) is 12.1 Å². The second kappa shape index (κ2) is 5.93. The Kier molecular flexibility index (Phi) is 4.28. The molecule has 5 nitrogen and oxygen atoms in total. The number of rotatable bonds is 6. The molecule has 98 valence electrons. The van der Waals surface area contributed by atoms with E-state index in [9.17, 15) is 10.1 Å². The molecule has 0 radical (unpaired) electrons. The maximum atomic E-state index is 10.5. The van der Waals surface area contributed by atoms with E-state index >= 15 is 0 Å². The Morgan fingerprint density at radius 1 is 1.33 bits per heavy atom. The lowest BCUT2D eigenvalue weighted by Crippen LogP contribution is -2.36. The van der Waals surface area contributed by atoms with Crippen molar-refractivity contribution in [2.45, 2.75) is 25.4 Å². The maximum Gasteiger partial charge on any atom is 0.269 e. The van der Waals surface area contributed by atoms with Gasteiger partial charge >= 0.3 is 0 Å². The van der Waals surface area contributed by atoms with E-state index in [1.54, 1.807) is 12.1 Å². The van der Waals surface area contributed by atoms with Gasteiger partial charge in [0.25, 0.3) is 5.69 Å². The molecule has 2 rings (SSSR count). The zero-order chi connectivity index (χ0) is 13.0. The fourth-order valence-corrected chi connectivity index (χ4v) is 2.19. The van der Waals surface area contributed by atoms with Crippen LogP contribution in [0.25, 0.3) is 0 Å². The Balaban J connectivity index is 1.65. The standard InChI is InChI=1S/C13H18N2O3/c16-13-7-11(8-13)9-14-6-5-10-1-3-12(4-2-10)15(17)18/h1-4,11,13-14,16H,5-9H2. The van der Waals surface area contributed by atoms with E-state index < -0.39 is 0 Å². The minimum atomic E-state index is -0.385. The molecule has 1 aliphatic rings. The first-order valence-electron chi connectivity index (χ1n) is 6.27. The maximum absolute atomic E-state index is 10.5. The molecule has 1 aromatic carbocycles. The van der Waals surface area contributed by atoms with E-state index in [2.05, 4.69) is 5.32 Å². The van der Waals surface area contributed by atoms with Gasteiger partial charge in [0.2, 0.25) is 0 Å². The number of benzene rings is 1. The SMILES string of the molecule is O=[N+]([O-])c1ccc(CCNCC2CC(O)C2)cc1. The Labute approximate surface area is 106 Å². The molecule has 0 saturated heterocycles. The highest BCUT2D eigenvalue weighted by Gasteiger charge is 2.26. The summed E-state index contributed by atoms with van der Waals surface area (Å²) in [6, 6.07) is 6.68. The van der Waals surface area contributed by atoms with E-state index in [1.807, 2.05) is 0 Å². The summed E-state index contributed by atoms with van der Waals surface area (Å²) in [7, 11) is 0. The molecule has 1 aromatic rings. The van der Waals surface area contributed by atoms with Gasteiger partial charge in [-0.05, 0) is 43.8 Å². The van der Waals surface area contributed by atoms with Crippen LogP contribution < -0.4 is 5.32 Å². The molecule has 1 aliphatic carbocycles. The van der Waals surface area contributed by atoms with Crippen molar-refractivity contribution >= 4 is 5.69 Å². The van der Waals surface area contributed by atoms with Crippen LogP contribution in [0.15, 0.2) is 24.3 Å². The number of aliphatic hydroxyl groups excluding tert-OH is 1. The minimum Gasteiger partial charge on any atom is -0.393 e. The fourth-order valence-electron chi connectivity index (χ4n) is 2.19. The van der Waals surface area contributed by atoms with Crippen LogP contribution in [0.1, 0.15) is 18.4 Å². The number of nitro benzene ring substituents is 1. The molecule has 0 atom stereocenters. The van der Waals surface area contributed by atoms with Crippen molar-refractivity contribution in [1.82, 2.24) is 5.32 Å². The predicted octanol–water partition coefficient (Wildman–Crippen LogP) is 1.50. The second-order valence-corrected chi connectivity index (χ2v) is 4.87. The van der Waals surface area contributed by atoms with E-state index in [-0.39, 0.29) is 16.7 Å². The van der Waals surface area contributed by atoms with Crippen LogP contribution >= 0.6 is 0 Å². The van der Waals surface area contributed by atoms with Crippen molar-refractivity contribution in [3.05, 3.63) is 39.9 Å². The summed E-state index contributed by atoms with van der Waals surface area (Å²) in [4.78, 5) is 10.1. The van der Waals surface area contributed by atoms with Crippen molar-refractivity contribution in [2.24, 2.45) is 5.92 Å². The summed E-state index contributed by atoms with van der Waals surface area (Å²) in [6.45, 7) is 1.81. The fraction of sp³-hybridized carbons (Fsp3) is 0.538. The molecule has 5 heteroatoms. The molecule has 2 N–H and O–H groups in total. The van der Waals surface area contributed by atoms with Crippen molar-refractivity contribution in [3.63, 3.8) is 0 Å². The molecule has 0 heterocycles. The van der Waals surface area contributed by atoms with Gasteiger partial charge in [0.15, 0.2) is 0 Å². The first kappa shape index (κ1) is 13.0. The number of aliphatic hydroxyl groups is 1. The lowest BCUT2D eigenvalue weighted by atomic mass is 9.82. The van der Waals surface area contributed by atoms with Gasteiger partial charge in [-0.2, -0.15) is 0 Å². The number of non-ortho nitro benzene ring substituents is 1.